The number of aromatic nitrogens is 2. The highest BCUT2D eigenvalue weighted by molar-refractivity contribution is 6.31. The van der Waals surface area contributed by atoms with Crippen molar-refractivity contribution < 1.29 is 13.9 Å². The highest BCUT2D eigenvalue weighted by atomic mass is 35.5. The number of methoxy groups -OCH3 is 1. The summed E-state index contributed by atoms with van der Waals surface area (Å²) in [7, 11) is 3.87. The highest BCUT2D eigenvalue weighted by Crippen LogP contribution is 2.35. The number of fused-ring (bicyclic) bond motifs is 2. The Hall–Kier alpha value is -2.68. The largest absolute Gasteiger partial charge is 0.493 e. The van der Waals surface area contributed by atoms with Gasteiger partial charge in [-0.3, -0.25) is 0 Å². The second-order valence-electron chi connectivity index (χ2n) is 9.38. The van der Waals surface area contributed by atoms with E-state index in [2.05, 4.69) is 32.1 Å². The molecule has 2 atom stereocenters. The van der Waals surface area contributed by atoms with Gasteiger partial charge < -0.3 is 24.6 Å². The number of hydrogen-bond donors (Lipinski definition) is 1. The lowest BCUT2D eigenvalue weighted by atomic mass is 9.92. The molecule has 5 rings (SSSR count). The fourth-order valence-electron chi connectivity index (χ4n) is 5.24. The summed E-state index contributed by atoms with van der Waals surface area (Å²) in [4.78, 5) is 13.8. The van der Waals surface area contributed by atoms with Crippen LogP contribution in [0.4, 0.5) is 15.9 Å². The number of hydrogen-bond acceptors (Lipinski definition) is 7. The Morgan fingerprint density at radius 1 is 1.14 bits per heavy atom. The molecule has 2 aliphatic rings. The molecule has 1 aromatic heterocycles. The molecule has 7 nitrogen and oxygen atoms in total. The van der Waals surface area contributed by atoms with E-state index >= 15 is 0 Å². The zero-order valence-corrected chi connectivity index (χ0v) is 20.9. The van der Waals surface area contributed by atoms with Gasteiger partial charge in [-0.05, 0) is 69.6 Å². The quantitative estimate of drug-likeness (QED) is 0.439. The normalized spacial score (nSPS) is 20.7. The van der Waals surface area contributed by atoms with Crippen LogP contribution in [0.3, 0.4) is 0 Å². The predicted octanol–water partition coefficient (Wildman–Crippen LogP) is 4.97. The molecule has 0 aliphatic carbocycles. The third kappa shape index (κ3) is 5.29. The van der Waals surface area contributed by atoms with Gasteiger partial charge in [-0.1, -0.05) is 11.6 Å². The number of halogens is 2. The molecule has 2 fully saturated rings. The summed E-state index contributed by atoms with van der Waals surface area (Å²) in [6.07, 6.45) is 5.05. The van der Waals surface area contributed by atoms with Crippen LogP contribution in [0.2, 0.25) is 5.02 Å². The Kier molecular flexibility index (Phi) is 7.22. The van der Waals surface area contributed by atoms with E-state index in [0.717, 1.165) is 30.8 Å². The molecule has 2 aliphatic heterocycles. The van der Waals surface area contributed by atoms with E-state index in [0.29, 0.717) is 41.2 Å². The summed E-state index contributed by atoms with van der Waals surface area (Å²) in [6, 6.07) is 8.89. The van der Waals surface area contributed by atoms with Crippen LogP contribution >= 0.6 is 11.6 Å². The Morgan fingerprint density at radius 2 is 2.00 bits per heavy atom. The predicted molar refractivity (Wildman–Crippen MR) is 136 cm³/mol. The minimum atomic E-state index is -0.468. The van der Waals surface area contributed by atoms with Gasteiger partial charge in [0.25, 0.3) is 0 Å². The van der Waals surface area contributed by atoms with Crippen molar-refractivity contribution in [2.45, 2.75) is 25.3 Å². The number of ether oxygens (including phenoxy) is 2. The fourth-order valence-corrected chi connectivity index (χ4v) is 5.42. The van der Waals surface area contributed by atoms with Crippen molar-refractivity contribution in [3.05, 3.63) is 47.5 Å². The van der Waals surface area contributed by atoms with Crippen LogP contribution in [-0.2, 0) is 0 Å². The number of benzene rings is 2. The van der Waals surface area contributed by atoms with Gasteiger partial charge >= 0.3 is 0 Å². The summed E-state index contributed by atoms with van der Waals surface area (Å²) < 4.78 is 25.3. The molecular formula is C26H31ClFN5O2. The molecular weight excluding hydrogens is 469 g/mol. The lowest BCUT2D eigenvalue weighted by Crippen LogP contribution is -2.47. The number of piperidine rings is 1. The number of likely N-dealkylation sites (tertiary alicyclic amines) is 2. The Balaban J connectivity index is 1.26. The van der Waals surface area contributed by atoms with E-state index in [4.69, 9.17) is 21.1 Å². The third-order valence-electron chi connectivity index (χ3n) is 7.20. The van der Waals surface area contributed by atoms with E-state index in [1.165, 1.54) is 44.4 Å². The van der Waals surface area contributed by atoms with Crippen molar-refractivity contribution in [1.29, 1.82) is 0 Å². The first-order chi connectivity index (χ1) is 17.0. The Morgan fingerprint density at radius 3 is 2.83 bits per heavy atom. The van der Waals surface area contributed by atoms with E-state index < -0.39 is 5.82 Å². The Bertz CT molecular complexity index is 1200. The van der Waals surface area contributed by atoms with Crippen molar-refractivity contribution in [1.82, 2.24) is 19.8 Å². The zero-order chi connectivity index (χ0) is 24.4. The lowest BCUT2D eigenvalue weighted by Gasteiger charge is -2.37. The number of nitrogens with one attached hydrogen (secondary N) is 1. The Labute approximate surface area is 210 Å². The van der Waals surface area contributed by atoms with Crippen LogP contribution in [0.25, 0.3) is 10.9 Å². The molecule has 0 spiro atoms. The monoisotopic (exact) mass is 499 g/mol. The molecule has 186 valence electrons. The van der Waals surface area contributed by atoms with E-state index in [-0.39, 0.29) is 5.02 Å². The van der Waals surface area contributed by atoms with Gasteiger partial charge in [0.1, 0.15) is 18.0 Å². The molecule has 0 radical (unpaired) electrons. The molecule has 0 bridgehead atoms. The molecule has 35 heavy (non-hydrogen) atoms. The summed E-state index contributed by atoms with van der Waals surface area (Å²) in [6.45, 7) is 5.16. The van der Waals surface area contributed by atoms with Gasteiger partial charge in [0.15, 0.2) is 11.5 Å². The van der Waals surface area contributed by atoms with Crippen molar-refractivity contribution >= 4 is 34.0 Å². The number of nitrogens with zero attached hydrogens (tertiary/aromatic N) is 4. The van der Waals surface area contributed by atoms with Gasteiger partial charge in [-0.2, -0.15) is 0 Å². The van der Waals surface area contributed by atoms with Crippen molar-refractivity contribution in [2.75, 3.05) is 52.3 Å². The van der Waals surface area contributed by atoms with E-state index in [1.807, 2.05) is 12.1 Å². The summed E-state index contributed by atoms with van der Waals surface area (Å²) in [5, 5.41) is 4.02. The van der Waals surface area contributed by atoms with Crippen molar-refractivity contribution in [3.8, 4) is 11.5 Å². The third-order valence-corrected chi connectivity index (χ3v) is 7.49. The maximum atomic E-state index is 13.5. The number of anilines is 2. The minimum absolute atomic E-state index is 0.0443. The van der Waals surface area contributed by atoms with Crippen molar-refractivity contribution in [3.63, 3.8) is 0 Å². The zero-order valence-electron chi connectivity index (χ0n) is 20.1. The number of rotatable bonds is 8. The second kappa shape index (κ2) is 10.5. The molecule has 0 saturated carbocycles. The second-order valence-corrected chi connectivity index (χ2v) is 9.79. The summed E-state index contributed by atoms with van der Waals surface area (Å²) in [5.41, 5.74) is 1.34. The molecule has 9 heteroatoms. The van der Waals surface area contributed by atoms with Gasteiger partial charge in [-0.25, -0.2) is 14.4 Å². The topological polar surface area (TPSA) is 62.8 Å². The van der Waals surface area contributed by atoms with E-state index in [9.17, 15) is 4.39 Å². The van der Waals surface area contributed by atoms with Gasteiger partial charge in [-0.15, -0.1) is 0 Å². The SMILES string of the molecule is COc1cc2ncnc(Nc3ccc(F)c(Cl)c3)c2cc1OCCCN1CCC2CCN(C)C2C1. The molecule has 3 heterocycles. The first-order valence-electron chi connectivity index (χ1n) is 12.1. The highest BCUT2D eigenvalue weighted by Gasteiger charge is 2.36. The molecule has 2 saturated heterocycles. The molecule has 3 aromatic rings. The van der Waals surface area contributed by atoms with Gasteiger partial charge in [0.05, 0.1) is 24.3 Å². The van der Waals surface area contributed by atoms with Crippen LogP contribution < -0.4 is 14.8 Å². The van der Waals surface area contributed by atoms with Crippen LogP contribution in [-0.4, -0.2) is 72.8 Å². The van der Waals surface area contributed by atoms with E-state index in [1.54, 1.807) is 13.2 Å². The molecule has 2 aromatic carbocycles. The standard InChI is InChI=1S/C26H31ClFN5O2/c1-32-9-6-17-7-10-33(15-23(17)32)8-3-11-35-25-13-19-22(14-24(25)34-2)29-16-30-26(19)31-18-4-5-21(28)20(27)12-18/h4-5,12-14,16-17,23H,3,6-11,15H2,1-2H3,(H,29,30,31). The maximum absolute atomic E-state index is 13.5. The average molecular weight is 500 g/mol. The smallest absolute Gasteiger partial charge is 0.162 e. The van der Waals surface area contributed by atoms with Crippen LogP contribution in [0.5, 0.6) is 11.5 Å². The van der Waals surface area contributed by atoms with Crippen molar-refractivity contribution in [2.24, 2.45) is 5.92 Å². The van der Waals surface area contributed by atoms with Crippen LogP contribution in [0, 0.1) is 11.7 Å². The minimum Gasteiger partial charge on any atom is -0.493 e. The van der Waals surface area contributed by atoms with Crippen LogP contribution in [0.15, 0.2) is 36.7 Å². The van der Waals surface area contributed by atoms with Crippen LogP contribution in [0.1, 0.15) is 19.3 Å². The molecule has 1 N–H and O–H groups in total. The fraction of sp³-hybridized carbons (Fsp3) is 0.462. The summed E-state index contributed by atoms with van der Waals surface area (Å²) in [5.74, 6) is 2.24. The maximum Gasteiger partial charge on any atom is 0.162 e. The van der Waals surface area contributed by atoms with Gasteiger partial charge in [0, 0.05) is 36.3 Å². The molecule has 0 amide bonds. The first kappa shape index (κ1) is 24.0. The average Bonchev–Trinajstić information content (AvgIpc) is 3.24. The van der Waals surface area contributed by atoms with Gasteiger partial charge in [0.2, 0.25) is 0 Å². The molecule has 2 unspecified atom stereocenters. The lowest BCUT2D eigenvalue weighted by molar-refractivity contribution is 0.113. The first-order valence-corrected chi connectivity index (χ1v) is 12.5. The summed E-state index contributed by atoms with van der Waals surface area (Å²) >= 11 is 5.93. The number of likely N-dealkylation sites (N-methyl/N-ethyl adjacent to an activating group) is 1.